The molecule has 0 aliphatic carbocycles. The average molecular weight is 440 g/mol. The molecule has 2 aromatic rings. The molecule has 1 aromatic heterocycles. The first-order valence-electron chi connectivity index (χ1n) is 11.5. The van der Waals surface area contributed by atoms with Gasteiger partial charge in [-0.2, -0.15) is 5.10 Å². The number of carbonyl (C=O) groups excluding carboxylic acids is 2. The molecule has 4 rings (SSSR count). The van der Waals surface area contributed by atoms with Crippen LogP contribution in [0.3, 0.4) is 0 Å². The van der Waals surface area contributed by atoms with Crippen LogP contribution < -0.4 is 5.32 Å². The fourth-order valence-corrected chi connectivity index (χ4v) is 4.64. The van der Waals surface area contributed by atoms with Gasteiger partial charge in [0.15, 0.2) is 0 Å². The number of nitrogens with one attached hydrogen (secondary N) is 1. The number of morpholine rings is 1. The van der Waals surface area contributed by atoms with Crippen LogP contribution in [0.15, 0.2) is 30.3 Å². The van der Waals surface area contributed by atoms with E-state index >= 15 is 0 Å². The van der Waals surface area contributed by atoms with Gasteiger partial charge < -0.3 is 15.0 Å². The fourth-order valence-electron chi connectivity index (χ4n) is 4.64. The maximum absolute atomic E-state index is 13.1. The Hall–Kier alpha value is -2.71. The van der Waals surface area contributed by atoms with Gasteiger partial charge in [0.25, 0.3) is 0 Å². The number of hydrogen-bond acceptors (Lipinski definition) is 5. The highest BCUT2D eigenvalue weighted by molar-refractivity contribution is 5.95. The number of piperidine rings is 1. The molecule has 8 heteroatoms. The number of aryl methyl sites for hydroxylation is 1. The molecule has 2 aliphatic rings. The number of nitrogens with zero attached hydrogens (tertiary/aromatic N) is 4. The minimum Gasteiger partial charge on any atom is -0.378 e. The summed E-state index contributed by atoms with van der Waals surface area (Å²) < 4.78 is 7.22. The summed E-state index contributed by atoms with van der Waals surface area (Å²) in [6, 6.07) is 9.57. The van der Waals surface area contributed by atoms with E-state index in [0.29, 0.717) is 32.8 Å². The fraction of sp³-hybridized carbons (Fsp3) is 0.542. The van der Waals surface area contributed by atoms with Crippen LogP contribution in [0.2, 0.25) is 0 Å². The highest BCUT2D eigenvalue weighted by Crippen LogP contribution is 2.25. The van der Waals surface area contributed by atoms with Crippen LogP contribution in [0.1, 0.15) is 31.2 Å². The van der Waals surface area contributed by atoms with Gasteiger partial charge in [-0.25, -0.2) is 4.68 Å². The van der Waals surface area contributed by atoms with E-state index in [2.05, 4.69) is 15.3 Å². The maximum Gasteiger partial charge on any atom is 0.241 e. The van der Waals surface area contributed by atoms with Gasteiger partial charge in [-0.1, -0.05) is 18.2 Å². The molecular weight excluding hydrogens is 406 g/mol. The largest absolute Gasteiger partial charge is 0.378 e. The predicted octanol–water partition coefficient (Wildman–Crippen LogP) is 2.39. The van der Waals surface area contributed by atoms with E-state index < -0.39 is 0 Å². The molecule has 0 bridgehead atoms. The molecule has 2 aliphatic heterocycles. The Balaban J connectivity index is 1.41. The SMILES string of the molecule is Cc1nn(-c2ccccc2)c(C)c1NC(=O)C(C)N1CCCC(C(=O)N2CCOCC2)C1. The second kappa shape index (κ2) is 9.83. The summed E-state index contributed by atoms with van der Waals surface area (Å²) in [5.41, 5.74) is 3.39. The number of anilines is 1. The molecule has 2 fully saturated rings. The topological polar surface area (TPSA) is 79.7 Å². The highest BCUT2D eigenvalue weighted by atomic mass is 16.5. The predicted molar refractivity (Wildman–Crippen MR) is 123 cm³/mol. The Labute approximate surface area is 189 Å². The summed E-state index contributed by atoms with van der Waals surface area (Å²) >= 11 is 0. The Kier molecular flexibility index (Phi) is 6.91. The maximum atomic E-state index is 13.1. The number of carbonyl (C=O) groups is 2. The van der Waals surface area contributed by atoms with E-state index in [9.17, 15) is 9.59 Å². The molecule has 32 heavy (non-hydrogen) atoms. The number of ether oxygens (including phenoxy) is 1. The molecule has 0 spiro atoms. The zero-order valence-electron chi connectivity index (χ0n) is 19.2. The van der Waals surface area contributed by atoms with Crippen LogP contribution in [0.25, 0.3) is 5.69 Å². The number of rotatable bonds is 5. The van der Waals surface area contributed by atoms with Crippen LogP contribution in [0.4, 0.5) is 5.69 Å². The molecule has 3 heterocycles. The normalized spacial score (nSPS) is 20.7. The molecule has 8 nitrogen and oxygen atoms in total. The molecule has 2 unspecified atom stereocenters. The molecule has 1 N–H and O–H groups in total. The summed E-state index contributed by atoms with van der Waals surface area (Å²) in [5.74, 6) is 0.0751. The molecule has 1 aromatic carbocycles. The van der Waals surface area contributed by atoms with Gasteiger partial charge in [0, 0.05) is 19.6 Å². The van der Waals surface area contributed by atoms with Gasteiger partial charge in [-0.3, -0.25) is 14.5 Å². The molecule has 0 radical (unpaired) electrons. The number of aromatic nitrogens is 2. The van der Waals surface area contributed by atoms with Crippen molar-refractivity contribution in [1.29, 1.82) is 0 Å². The van der Waals surface area contributed by atoms with Gasteiger partial charge in [0.1, 0.15) is 0 Å². The highest BCUT2D eigenvalue weighted by Gasteiger charge is 2.33. The van der Waals surface area contributed by atoms with Gasteiger partial charge >= 0.3 is 0 Å². The summed E-state index contributed by atoms with van der Waals surface area (Å²) in [5, 5.41) is 7.72. The number of amides is 2. The Morgan fingerprint density at radius 3 is 2.56 bits per heavy atom. The smallest absolute Gasteiger partial charge is 0.241 e. The quantitative estimate of drug-likeness (QED) is 0.774. The van der Waals surface area contributed by atoms with Crippen LogP contribution >= 0.6 is 0 Å². The standard InChI is InChI=1S/C24H33N5O3/c1-17-22(18(2)29(26-17)21-9-5-4-6-10-21)25-23(30)19(3)28-11-7-8-20(16-28)24(31)27-12-14-32-15-13-27/h4-6,9-10,19-20H,7-8,11-16H2,1-3H3,(H,25,30). The molecule has 2 atom stereocenters. The van der Waals surface area contributed by atoms with Gasteiger partial charge in [-0.05, 0) is 52.3 Å². The van der Waals surface area contributed by atoms with Crippen LogP contribution in [0.5, 0.6) is 0 Å². The van der Waals surface area contributed by atoms with Crippen molar-refractivity contribution in [2.75, 3.05) is 44.7 Å². The minimum absolute atomic E-state index is 0.0543. The van der Waals surface area contributed by atoms with E-state index in [1.807, 2.05) is 60.7 Å². The zero-order valence-corrected chi connectivity index (χ0v) is 19.2. The first-order chi connectivity index (χ1) is 15.5. The third kappa shape index (κ3) is 4.71. The van der Waals surface area contributed by atoms with Crippen molar-refractivity contribution in [3.63, 3.8) is 0 Å². The average Bonchev–Trinajstić information content (AvgIpc) is 3.12. The lowest BCUT2D eigenvalue weighted by atomic mass is 9.95. The molecule has 0 saturated carbocycles. The lowest BCUT2D eigenvalue weighted by Crippen LogP contribution is -2.52. The number of likely N-dealkylation sites (tertiary alicyclic amines) is 1. The number of hydrogen-bond donors (Lipinski definition) is 1. The van der Waals surface area contributed by atoms with Crippen molar-refractivity contribution in [3.05, 3.63) is 41.7 Å². The van der Waals surface area contributed by atoms with Crippen molar-refractivity contribution in [1.82, 2.24) is 19.6 Å². The first kappa shape index (κ1) is 22.5. The van der Waals surface area contributed by atoms with Crippen molar-refractivity contribution >= 4 is 17.5 Å². The minimum atomic E-state index is -0.325. The lowest BCUT2D eigenvalue weighted by molar-refractivity contribution is -0.142. The van der Waals surface area contributed by atoms with Crippen LogP contribution in [0, 0.1) is 19.8 Å². The van der Waals surface area contributed by atoms with E-state index in [-0.39, 0.29) is 23.8 Å². The van der Waals surface area contributed by atoms with Crippen molar-refractivity contribution in [2.24, 2.45) is 5.92 Å². The Morgan fingerprint density at radius 2 is 1.84 bits per heavy atom. The zero-order chi connectivity index (χ0) is 22.7. The molecular formula is C24H33N5O3. The number of para-hydroxylation sites is 1. The van der Waals surface area contributed by atoms with Crippen LogP contribution in [-0.2, 0) is 14.3 Å². The van der Waals surface area contributed by atoms with E-state index in [1.165, 1.54) is 0 Å². The Morgan fingerprint density at radius 1 is 1.12 bits per heavy atom. The molecule has 2 saturated heterocycles. The van der Waals surface area contributed by atoms with Gasteiger partial charge in [0.2, 0.25) is 11.8 Å². The molecule has 2 amide bonds. The van der Waals surface area contributed by atoms with Crippen molar-refractivity contribution in [3.8, 4) is 5.69 Å². The summed E-state index contributed by atoms with van der Waals surface area (Å²) in [4.78, 5) is 30.1. The summed E-state index contributed by atoms with van der Waals surface area (Å²) in [6.45, 7) is 9.77. The number of benzene rings is 1. The third-order valence-corrected chi connectivity index (χ3v) is 6.59. The van der Waals surface area contributed by atoms with Crippen LogP contribution in [-0.4, -0.2) is 76.8 Å². The van der Waals surface area contributed by atoms with Crippen molar-refractivity contribution in [2.45, 2.75) is 39.7 Å². The summed E-state index contributed by atoms with van der Waals surface area (Å²) in [7, 11) is 0. The van der Waals surface area contributed by atoms with Gasteiger partial charge in [0.05, 0.1) is 47.9 Å². The first-order valence-corrected chi connectivity index (χ1v) is 11.5. The third-order valence-electron chi connectivity index (χ3n) is 6.59. The van der Waals surface area contributed by atoms with E-state index in [4.69, 9.17) is 4.74 Å². The lowest BCUT2D eigenvalue weighted by Gasteiger charge is -2.38. The van der Waals surface area contributed by atoms with E-state index in [0.717, 1.165) is 42.1 Å². The second-order valence-electron chi connectivity index (χ2n) is 8.73. The summed E-state index contributed by atoms with van der Waals surface area (Å²) in [6.07, 6.45) is 1.80. The molecule has 172 valence electrons. The van der Waals surface area contributed by atoms with Gasteiger partial charge in [-0.15, -0.1) is 0 Å². The van der Waals surface area contributed by atoms with Crippen molar-refractivity contribution < 1.29 is 14.3 Å². The Bertz CT molecular complexity index is 952. The van der Waals surface area contributed by atoms with E-state index in [1.54, 1.807) is 0 Å². The monoisotopic (exact) mass is 439 g/mol. The second-order valence-corrected chi connectivity index (χ2v) is 8.73.